The van der Waals surface area contributed by atoms with E-state index >= 15 is 0 Å². The number of hydrogen-bond acceptors (Lipinski definition) is 6. The highest BCUT2D eigenvalue weighted by Crippen LogP contribution is 2.26. The minimum absolute atomic E-state index is 0.106. The normalized spacial score (nSPS) is 14.8. The second-order valence-electron chi connectivity index (χ2n) is 7.33. The van der Waals surface area contributed by atoms with Gasteiger partial charge in [-0.2, -0.15) is 0 Å². The quantitative estimate of drug-likeness (QED) is 0.594. The molecule has 9 nitrogen and oxygen atoms in total. The number of nitrogens with zero attached hydrogens (tertiary/aromatic N) is 4. The maximum atomic E-state index is 13.0. The lowest BCUT2D eigenvalue weighted by molar-refractivity contribution is 0.0951. The summed E-state index contributed by atoms with van der Waals surface area (Å²) in [6, 6.07) is 4.75. The average molecular weight is 436 g/mol. The highest BCUT2D eigenvalue weighted by Gasteiger charge is 2.24. The first-order valence-corrected chi connectivity index (χ1v) is 11.5. The molecule has 1 aliphatic rings. The Morgan fingerprint density at radius 1 is 1.23 bits per heavy atom. The predicted molar refractivity (Wildman–Crippen MR) is 114 cm³/mol. The third-order valence-electron chi connectivity index (χ3n) is 5.03. The van der Waals surface area contributed by atoms with Gasteiger partial charge in [0.25, 0.3) is 5.91 Å². The molecule has 164 valence electrons. The van der Waals surface area contributed by atoms with Crippen LogP contribution in [0.5, 0.6) is 0 Å². The average Bonchev–Trinajstić information content (AvgIpc) is 3.27. The molecule has 1 aliphatic heterocycles. The van der Waals surface area contributed by atoms with Gasteiger partial charge in [-0.3, -0.25) is 4.79 Å². The molecule has 1 aromatic carbocycles. The van der Waals surface area contributed by atoms with Crippen molar-refractivity contribution in [1.29, 1.82) is 0 Å². The van der Waals surface area contributed by atoms with E-state index in [0.717, 1.165) is 29.4 Å². The van der Waals surface area contributed by atoms with Crippen LogP contribution in [0.25, 0.3) is 0 Å². The molecule has 0 aliphatic carbocycles. The summed E-state index contributed by atoms with van der Waals surface area (Å²) in [5.41, 5.74) is 1.10. The van der Waals surface area contributed by atoms with E-state index in [4.69, 9.17) is 4.74 Å². The van der Waals surface area contributed by atoms with E-state index in [2.05, 4.69) is 15.2 Å². The fourth-order valence-electron chi connectivity index (χ4n) is 3.28. The number of ether oxygens (including phenoxy) is 1. The largest absolute Gasteiger partial charge is 0.378 e. The summed E-state index contributed by atoms with van der Waals surface area (Å²) in [7, 11) is -0.678. The van der Waals surface area contributed by atoms with Crippen molar-refractivity contribution in [2.75, 3.05) is 51.8 Å². The molecule has 0 bridgehead atoms. The van der Waals surface area contributed by atoms with Crippen LogP contribution < -0.4 is 10.2 Å². The van der Waals surface area contributed by atoms with Gasteiger partial charge in [-0.25, -0.2) is 17.7 Å². The van der Waals surface area contributed by atoms with Crippen LogP contribution in [0, 0.1) is 0 Å². The third-order valence-corrected chi connectivity index (χ3v) is 6.84. The molecule has 0 atom stereocenters. The minimum Gasteiger partial charge on any atom is -0.378 e. The number of anilines is 1. The number of benzene rings is 1. The number of sulfonamides is 1. The SMILES string of the molecule is CN(C)S(=O)(=O)c1ccc(N2CCOCC2)c(C(=O)NCCCCn2ccnc2)c1. The van der Waals surface area contributed by atoms with Crippen molar-refractivity contribution in [2.24, 2.45) is 0 Å². The molecule has 1 saturated heterocycles. The van der Waals surface area contributed by atoms with Gasteiger partial charge in [-0.15, -0.1) is 0 Å². The van der Waals surface area contributed by atoms with Crippen LogP contribution in [-0.2, 0) is 21.3 Å². The molecule has 0 radical (unpaired) electrons. The molecule has 2 heterocycles. The molecule has 0 spiro atoms. The zero-order chi connectivity index (χ0) is 21.6. The molecular formula is C20H29N5O4S. The number of amides is 1. The van der Waals surface area contributed by atoms with Gasteiger partial charge in [0.2, 0.25) is 10.0 Å². The molecule has 2 aromatic rings. The highest BCUT2D eigenvalue weighted by atomic mass is 32.2. The summed E-state index contributed by atoms with van der Waals surface area (Å²) >= 11 is 0. The summed E-state index contributed by atoms with van der Waals surface area (Å²) in [5, 5.41) is 2.94. The van der Waals surface area contributed by atoms with Crippen LogP contribution >= 0.6 is 0 Å². The van der Waals surface area contributed by atoms with Crippen LogP contribution in [0.2, 0.25) is 0 Å². The zero-order valence-electron chi connectivity index (χ0n) is 17.5. The highest BCUT2D eigenvalue weighted by molar-refractivity contribution is 7.89. The van der Waals surface area contributed by atoms with E-state index < -0.39 is 10.0 Å². The Labute approximate surface area is 177 Å². The van der Waals surface area contributed by atoms with Crippen molar-refractivity contribution in [3.8, 4) is 0 Å². The van der Waals surface area contributed by atoms with Gasteiger partial charge in [0, 0.05) is 58.4 Å². The van der Waals surface area contributed by atoms with Crippen molar-refractivity contribution in [3.63, 3.8) is 0 Å². The molecule has 1 fully saturated rings. The second kappa shape index (κ2) is 10.1. The van der Waals surface area contributed by atoms with Gasteiger partial charge in [-0.05, 0) is 31.0 Å². The summed E-state index contributed by atoms with van der Waals surface area (Å²) in [4.78, 5) is 19.1. The van der Waals surface area contributed by atoms with E-state index in [0.29, 0.717) is 38.4 Å². The maximum absolute atomic E-state index is 13.0. The summed E-state index contributed by atoms with van der Waals surface area (Å²) in [6.07, 6.45) is 7.13. The van der Waals surface area contributed by atoms with Crippen molar-refractivity contribution >= 4 is 21.6 Å². The molecule has 0 unspecified atom stereocenters. The van der Waals surface area contributed by atoms with E-state index in [1.807, 2.05) is 10.8 Å². The topological polar surface area (TPSA) is 96.8 Å². The van der Waals surface area contributed by atoms with Crippen LogP contribution in [0.15, 0.2) is 41.8 Å². The molecule has 1 N–H and O–H groups in total. The van der Waals surface area contributed by atoms with Gasteiger partial charge < -0.3 is 19.5 Å². The van der Waals surface area contributed by atoms with Gasteiger partial charge in [0.15, 0.2) is 0 Å². The van der Waals surface area contributed by atoms with Gasteiger partial charge >= 0.3 is 0 Å². The first kappa shape index (κ1) is 22.3. The number of carbonyl (C=O) groups excluding carboxylic acids is 1. The Kier molecular flexibility index (Phi) is 7.46. The second-order valence-corrected chi connectivity index (χ2v) is 9.48. The Morgan fingerprint density at radius 2 is 2.00 bits per heavy atom. The molecular weight excluding hydrogens is 406 g/mol. The van der Waals surface area contributed by atoms with Gasteiger partial charge in [-0.1, -0.05) is 0 Å². The Morgan fingerprint density at radius 3 is 2.67 bits per heavy atom. The van der Waals surface area contributed by atoms with E-state index in [1.54, 1.807) is 24.7 Å². The van der Waals surface area contributed by atoms with Crippen LogP contribution in [0.3, 0.4) is 0 Å². The van der Waals surface area contributed by atoms with E-state index in [1.165, 1.54) is 20.2 Å². The molecule has 30 heavy (non-hydrogen) atoms. The number of aryl methyl sites for hydroxylation is 1. The number of carbonyl (C=O) groups is 1. The fourth-order valence-corrected chi connectivity index (χ4v) is 4.21. The number of nitrogens with one attached hydrogen (secondary N) is 1. The predicted octanol–water partition coefficient (Wildman–Crippen LogP) is 1.18. The third kappa shape index (κ3) is 5.38. The van der Waals surface area contributed by atoms with E-state index in [-0.39, 0.29) is 10.8 Å². The Balaban J connectivity index is 1.72. The molecule has 3 rings (SSSR count). The smallest absolute Gasteiger partial charge is 0.253 e. The Bertz CT molecular complexity index is 938. The summed E-state index contributed by atoms with van der Waals surface area (Å²) in [5.74, 6) is -0.269. The van der Waals surface area contributed by atoms with Crippen molar-refractivity contribution < 1.29 is 17.9 Å². The first-order valence-electron chi connectivity index (χ1n) is 10.0. The number of rotatable bonds is 9. The van der Waals surface area contributed by atoms with Crippen LogP contribution in [0.1, 0.15) is 23.2 Å². The number of imidazole rings is 1. The Hall–Kier alpha value is -2.43. The molecule has 0 saturated carbocycles. The zero-order valence-corrected chi connectivity index (χ0v) is 18.3. The standard InChI is InChI=1S/C20H29N5O4S/c1-23(2)30(27,28)17-5-6-19(25-11-13-29-14-12-25)18(15-17)20(26)22-7-3-4-9-24-10-8-21-16-24/h5-6,8,10,15-16H,3-4,7,9,11-14H2,1-2H3,(H,22,26). The molecule has 10 heteroatoms. The number of aromatic nitrogens is 2. The van der Waals surface area contributed by atoms with Crippen molar-refractivity contribution in [3.05, 3.63) is 42.5 Å². The monoisotopic (exact) mass is 435 g/mol. The summed E-state index contributed by atoms with van der Waals surface area (Å²) in [6.45, 7) is 3.82. The van der Waals surface area contributed by atoms with E-state index in [9.17, 15) is 13.2 Å². The molecule has 1 amide bonds. The minimum atomic E-state index is -3.63. The lowest BCUT2D eigenvalue weighted by Crippen LogP contribution is -2.38. The number of hydrogen-bond donors (Lipinski definition) is 1. The van der Waals surface area contributed by atoms with Gasteiger partial charge in [0.05, 0.1) is 30.0 Å². The number of morpholine rings is 1. The van der Waals surface area contributed by atoms with Crippen molar-refractivity contribution in [1.82, 2.24) is 19.2 Å². The van der Waals surface area contributed by atoms with Gasteiger partial charge in [0.1, 0.15) is 0 Å². The van der Waals surface area contributed by atoms with Crippen LogP contribution in [-0.4, -0.2) is 75.1 Å². The maximum Gasteiger partial charge on any atom is 0.253 e. The number of unbranched alkanes of at least 4 members (excludes halogenated alkanes) is 1. The summed E-state index contributed by atoms with van der Waals surface area (Å²) < 4.78 is 33.7. The fraction of sp³-hybridized carbons (Fsp3) is 0.500. The molecule has 1 aromatic heterocycles. The lowest BCUT2D eigenvalue weighted by atomic mass is 10.1. The lowest BCUT2D eigenvalue weighted by Gasteiger charge is -2.30. The van der Waals surface area contributed by atoms with Crippen molar-refractivity contribution in [2.45, 2.75) is 24.3 Å². The first-order chi connectivity index (χ1) is 14.4. The van der Waals surface area contributed by atoms with Crippen LogP contribution in [0.4, 0.5) is 5.69 Å².